The number of amides is 2. The van der Waals surface area contributed by atoms with Gasteiger partial charge in [-0.15, -0.1) is 23.5 Å². The molecule has 2 amide bonds. The van der Waals surface area contributed by atoms with Crippen LogP contribution in [0.25, 0.3) is 0 Å². The van der Waals surface area contributed by atoms with Crippen LogP contribution in [0.2, 0.25) is 0 Å². The molecule has 0 fully saturated rings. The Morgan fingerprint density at radius 2 is 1.10 bits per heavy atom. The molecule has 0 aliphatic rings. The summed E-state index contributed by atoms with van der Waals surface area (Å²) in [6.45, 7) is 0. The van der Waals surface area contributed by atoms with E-state index in [-0.39, 0.29) is 11.5 Å². The quantitative estimate of drug-likeness (QED) is 0.303. The molecule has 0 aliphatic heterocycles. The van der Waals surface area contributed by atoms with Gasteiger partial charge in [-0.1, -0.05) is 24.3 Å². The van der Waals surface area contributed by atoms with Crippen LogP contribution in [0.5, 0.6) is 0 Å². The zero-order valence-electron chi connectivity index (χ0n) is 16.9. The Balaban J connectivity index is 1.51. The average Bonchev–Trinajstić information content (AvgIpc) is 3.30. The third-order valence-electron chi connectivity index (χ3n) is 4.04. The fourth-order valence-corrected chi connectivity index (χ4v) is 3.22. The number of hydrazone groups is 2. The SMILES string of the molecule is CSc1ccc(/C=N/NC(=O)c2ccc(C(=O)N/N=C/c3ccc(SC)cc3)o2)cc1. The number of thioether (sulfide) groups is 2. The summed E-state index contributed by atoms with van der Waals surface area (Å²) in [5, 5.41) is 7.81. The van der Waals surface area contributed by atoms with Crippen molar-refractivity contribution >= 4 is 47.8 Å². The number of nitrogens with zero attached hydrogens (tertiary/aromatic N) is 2. The lowest BCUT2D eigenvalue weighted by Gasteiger charge is -1.99. The van der Waals surface area contributed by atoms with E-state index in [9.17, 15) is 9.59 Å². The Labute approximate surface area is 188 Å². The van der Waals surface area contributed by atoms with Crippen LogP contribution in [0, 0.1) is 0 Å². The summed E-state index contributed by atoms with van der Waals surface area (Å²) in [6, 6.07) is 18.3. The van der Waals surface area contributed by atoms with E-state index in [1.807, 2.05) is 61.0 Å². The lowest BCUT2D eigenvalue weighted by Crippen LogP contribution is -2.18. The van der Waals surface area contributed by atoms with Gasteiger partial charge in [0.05, 0.1) is 12.4 Å². The standard InChI is InChI=1S/C22H20N4O3S2/c1-30-17-7-3-15(4-8-17)13-23-25-21(27)19-11-12-20(29-19)22(28)26-24-14-16-5-9-18(31-2)10-6-16/h3-14H,1-2H3,(H,25,27)(H,26,28)/b23-13+,24-14+. The highest BCUT2D eigenvalue weighted by atomic mass is 32.2. The van der Waals surface area contributed by atoms with Crippen molar-refractivity contribution in [3.63, 3.8) is 0 Å². The van der Waals surface area contributed by atoms with Crippen LogP contribution in [0.4, 0.5) is 0 Å². The van der Waals surface area contributed by atoms with Crippen molar-refractivity contribution in [1.82, 2.24) is 10.9 Å². The number of furan rings is 1. The lowest BCUT2D eigenvalue weighted by atomic mass is 10.2. The van der Waals surface area contributed by atoms with Gasteiger partial charge in [-0.05, 0) is 60.0 Å². The van der Waals surface area contributed by atoms with Gasteiger partial charge in [0.25, 0.3) is 0 Å². The van der Waals surface area contributed by atoms with E-state index >= 15 is 0 Å². The molecule has 2 N–H and O–H groups in total. The van der Waals surface area contributed by atoms with Crippen LogP contribution in [0.15, 0.2) is 85.1 Å². The van der Waals surface area contributed by atoms with Crippen molar-refractivity contribution in [2.75, 3.05) is 12.5 Å². The molecule has 1 heterocycles. The minimum atomic E-state index is -0.562. The Morgan fingerprint density at radius 3 is 1.45 bits per heavy atom. The highest BCUT2D eigenvalue weighted by molar-refractivity contribution is 7.98. The van der Waals surface area contributed by atoms with Crippen LogP contribution >= 0.6 is 23.5 Å². The lowest BCUT2D eigenvalue weighted by molar-refractivity contribution is 0.0902. The number of rotatable bonds is 8. The third kappa shape index (κ3) is 6.59. The molecule has 0 unspecified atom stereocenters. The van der Waals surface area contributed by atoms with E-state index in [0.717, 1.165) is 20.9 Å². The Bertz CT molecular complexity index is 1000. The molecule has 7 nitrogen and oxygen atoms in total. The molecule has 0 bridgehead atoms. The first-order valence-corrected chi connectivity index (χ1v) is 11.6. The van der Waals surface area contributed by atoms with Crippen molar-refractivity contribution in [2.45, 2.75) is 9.79 Å². The number of hydrogen-bond donors (Lipinski definition) is 2. The predicted octanol–water partition coefficient (Wildman–Crippen LogP) is 4.25. The van der Waals surface area contributed by atoms with Gasteiger partial charge in [-0.2, -0.15) is 10.2 Å². The average molecular weight is 453 g/mol. The third-order valence-corrected chi connectivity index (χ3v) is 5.53. The van der Waals surface area contributed by atoms with Crippen molar-refractivity contribution in [1.29, 1.82) is 0 Å². The first-order valence-electron chi connectivity index (χ1n) is 9.14. The van der Waals surface area contributed by atoms with Crippen molar-refractivity contribution in [3.05, 3.63) is 83.3 Å². The van der Waals surface area contributed by atoms with Crippen LogP contribution < -0.4 is 10.9 Å². The highest BCUT2D eigenvalue weighted by Crippen LogP contribution is 2.15. The molecule has 0 spiro atoms. The van der Waals surface area contributed by atoms with E-state index in [0.29, 0.717) is 0 Å². The minimum Gasteiger partial charge on any atom is -0.446 e. The second-order valence-corrected chi connectivity index (χ2v) is 7.87. The molecule has 0 saturated heterocycles. The van der Waals surface area contributed by atoms with Crippen LogP contribution in [0.1, 0.15) is 32.2 Å². The maximum Gasteiger partial charge on any atom is 0.307 e. The molecule has 0 aliphatic carbocycles. The zero-order valence-corrected chi connectivity index (χ0v) is 18.5. The summed E-state index contributed by atoms with van der Waals surface area (Å²) in [6.07, 6.45) is 7.05. The predicted molar refractivity (Wildman–Crippen MR) is 125 cm³/mol. The van der Waals surface area contributed by atoms with Gasteiger partial charge >= 0.3 is 11.8 Å². The summed E-state index contributed by atoms with van der Waals surface area (Å²) in [5.74, 6) is -1.19. The molecule has 158 valence electrons. The van der Waals surface area contributed by atoms with Gasteiger partial charge < -0.3 is 4.42 Å². The summed E-state index contributed by atoms with van der Waals surface area (Å²) in [4.78, 5) is 26.6. The fourth-order valence-electron chi connectivity index (χ4n) is 2.40. The first kappa shape index (κ1) is 22.4. The molecule has 9 heteroatoms. The van der Waals surface area contributed by atoms with Gasteiger partial charge in [0.1, 0.15) is 0 Å². The largest absolute Gasteiger partial charge is 0.446 e. The number of hydrogen-bond acceptors (Lipinski definition) is 7. The smallest absolute Gasteiger partial charge is 0.307 e. The Hall–Kier alpha value is -3.30. The molecule has 0 saturated carbocycles. The van der Waals surface area contributed by atoms with Gasteiger partial charge in [0, 0.05) is 9.79 Å². The summed E-state index contributed by atoms with van der Waals surface area (Å²) < 4.78 is 5.30. The number of carbonyl (C=O) groups is 2. The van der Waals surface area contributed by atoms with Gasteiger partial charge in [-0.3, -0.25) is 9.59 Å². The van der Waals surface area contributed by atoms with Gasteiger partial charge in [0.15, 0.2) is 11.5 Å². The maximum absolute atomic E-state index is 12.1. The summed E-state index contributed by atoms with van der Waals surface area (Å²) in [5.41, 5.74) is 6.43. The fraction of sp³-hybridized carbons (Fsp3) is 0.0909. The topological polar surface area (TPSA) is 96.1 Å². The molecular formula is C22H20N4O3S2. The van der Waals surface area contributed by atoms with Crippen LogP contribution in [0.3, 0.4) is 0 Å². The molecule has 3 rings (SSSR count). The van der Waals surface area contributed by atoms with Crippen molar-refractivity contribution in [2.24, 2.45) is 10.2 Å². The molecule has 2 aromatic carbocycles. The van der Waals surface area contributed by atoms with Crippen molar-refractivity contribution < 1.29 is 14.0 Å². The molecule has 1 aromatic heterocycles. The highest BCUT2D eigenvalue weighted by Gasteiger charge is 2.15. The molecular weight excluding hydrogens is 432 g/mol. The molecule has 0 atom stereocenters. The second-order valence-electron chi connectivity index (χ2n) is 6.11. The van der Waals surface area contributed by atoms with E-state index in [2.05, 4.69) is 21.1 Å². The van der Waals surface area contributed by atoms with E-state index in [1.165, 1.54) is 24.6 Å². The van der Waals surface area contributed by atoms with E-state index in [1.54, 1.807) is 23.5 Å². The monoisotopic (exact) mass is 452 g/mol. The van der Waals surface area contributed by atoms with Crippen LogP contribution in [-0.2, 0) is 0 Å². The summed E-state index contributed by atoms with van der Waals surface area (Å²) >= 11 is 3.29. The van der Waals surface area contributed by atoms with E-state index < -0.39 is 11.8 Å². The number of nitrogens with one attached hydrogen (secondary N) is 2. The second kappa shape index (κ2) is 11.2. The number of carbonyl (C=O) groups excluding carboxylic acids is 2. The van der Waals surface area contributed by atoms with Gasteiger partial charge in [0.2, 0.25) is 0 Å². The number of benzene rings is 2. The molecule has 0 radical (unpaired) electrons. The first-order chi connectivity index (χ1) is 15.1. The Morgan fingerprint density at radius 1 is 0.710 bits per heavy atom. The molecule has 3 aromatic rings. The maximum atomic E-state index is 12.1. The Kier molecular flexibility index (Phi) is 8.08. The van der Waals surface area contributed by atoms with E-state index in [4.69, 9.17) is 4.42 Å². The zero-order chi connectivity index (χ0) is 22.1. The normalized spacial score (nSPS) is 11.2. The van der Waals surface area contributed by atoms with Crippen LogP contribution in [-0.4, -0.2) is 36.8 Å². The molecule has 31 heavy (non-hydrogen) atoms. The van der Waals surface area contributed by atoms with Gasteiger partial charge in [-0.25, -0.2) is 10.9 Å². The minimum absolute atomic E-state index is 0.0309. The summed E-state index contributed by atoms with van der Waals surface area (Å²) in [7, 11) is 0. The van der Waals surface area contributed by atoms with Crippen molar-refractivity contribution in [3.8, 4) is 0 Å².